The molecule has 25 heavy (non-hydrogen) atoms. The first-order chi connectivity index (χ1) is 11.9. The zero-order valence-electron chi connectivity index (χ0n) is 15.6. The minimum absolute atomic E-state index is 0.00906. The Morgan fingerprint density at radius 2 is 1.92 bits per heavy atom. The molecule has 1 fully saturated rings. The van der Waals surface area contributed by atoms with Crippen molar-refractivity contribution in [2.24, 2.45) is 23.5 Å². The number of piperidine rings is 1. The molecule has 2 rings (SSSR count). The molecule has 5 heteroatoms. The van der Waals surface area contributed by atoms with Gasteiger partial charge in [0.2, 0.25) is 11.8 Å². The molecule has 1 aliphatic rings. The smallest absolute Gasteiger partial charge is 0.227 e. The lowest BCUT2D eigenvalue weighted by molar-refractivity contribution is -0.137. The van der Waals surface area contributed by atoms with E-state index in [1.807, 2.05) is 56.0 Å². The summed E-state index contributed by atoms with van der Waals surface area (Å²) in [6.07, 6.45) is 2.02. The van der Waals surface area contributed by atoms with Crippen molar-refractivity contribution in [2.75, 3.05) is 19.6 Å². The number of hydrogen-bond acceptors (Lipinski definition) is 3. The highest BCUT2D eigenvalue weighted by Crippen LogP contribution is 2.24. The molecule has 1 saturated heterocycles. The number of nitrogens with zero attached hydrogens (tertiary/aromatic N) is 1. The minimum Gasteiger partial charge on any atom is -0.356 e. The highest BCUT2D eigenvalue weighted by atomic mass is 16.2. The number of benzene rings is 1. The van der Waals surface area contributed by atoms with Gasteiger partial charge in [-0.3, -0.25) is 9.59 Å². The third-order valence-electron chi connectivity index (χ3n) is 5.03. The quantitative estimate of drug-likeness (QED) is 0.831. The molecular weight excluding hydrogens is 314 g/mol. The largest absolute Gasteiger partial charge is 0.356 e. The summed E-state index contributed by atoms with van der Waals surface area (Å²) in [6, 6.07) is 9.48. The number of likely N-dealkylation sites (tertiary alicyclic amines) is 1. The van der Waals surface area contributed by atoms with Crippen LogP contribution >= 0.6 is 0 Å². The van der Waals surface area contributed by atoms with E-state index in [1.165, 1.54) is 0 Å². The summed E-state index contributed by atoms with van der Waals surface area (Å²) in [5.41, 5.74) is 7.30. The van der Waals surface area contributed by atoms with E-state index in [4.69, 9.17) is 5.73 Å². The van der Waals surface area contributed by atoms with E-state index in [0.717, 1.165) is 24.9 Å². The van der Waals surface area contributed by atoms with Crippen molar-refractivity contribution >= 4 is 11.8 Å². The second-order valence-electron chi connectivity index (χ2n) is 7.42. The van der Waals surface area contributed by atoms with E-state index in [-0.39, 0.29) is 29.7 Å². The summed E-state index contributed by atoms with van der Waals surface area (Å²) >= 11 is 0. The summed E-state index contributed by atoms with van der Waals surface area (Å²) < 4.78 is 0. The average molecular weight is 345 g/mol. The average Bonchev–Trinajstić information content (AvgIpc) is 2.65. The van der Waals surface area contributed by atoms with E-state index in [0.29, 0.717) is 19.0 Å². The minimum atomic E-state index is -0.297. The van der Waals surface area contributed by atoms with Crippen LogP contribution in [-0.4, -0.2) is 36.3 Å². The van der Waals surface area contributed by atoms with E-state index >= 15 is 0 Å². The van der Waals surface area contributed by atoms with Gasteiger partial charge in [0.15, 0.2) is 0 Å². The van der Waals surface area contributed by atoms with E-state index < -0.39 is 0 Å². The Balaban J connectivity index is 1.91. The summed E-state index contributed by atoms with van der Waals surface area (Å²) in [6.45, 7) is 7.80. The molecule has 1 heterocycles. The number of rotatable bonds is 6. The molecule has 5 nitrogen and oxygen atoms in total. The van der Waals surface area contributed by atoms with Crippen molar-refractivity contribution in [3.8, 4) is 0 Å². The number of amides is 2. The lowest BCUT2D eigenvalue weighted by Crippen LogP contribution is -2.47. The van der Waals surface area contributed by atoms with Crippen LogP contribution in [-0.2, 0) is 9.59 Å². The van der Waals surface area contributed by atoms with Crippen LogP contribution in [0.3, 0.4) is 0 Å². The molecule has 0 spiro atoms. The van der Waals surface area contributed by atoms with E-state index in [9.17, 15) is 9.59 Å². The second-order valence-corrected chi connectivity index (χ2v) is 7.42. The number of hydrogen-bond donors (Lipinski definition) is 2. The third-order valence-corrected chi connectivity index (χ3v) is 5.03. The monoisotopic (exact) mass is 345 g/mol. The maximum Gasteiger partial charge on any atom is 0.227 e. The summed E-state index contributed by atoms with van der Waals surface area (Å²) in [5.74, 6) is 0.233. The molecule has 0 saturated carbocycles. The van der Waals surface area contributed by atoms with Gasteiger partial charge in [-0.1, -0.05) is 51.1 Å². The Hall–Kier alpha value is -1.88. The fourth-order valence-electron chi connectivity index (χ4n) is 3.29. The first-order valence-electron chi connectivity index (χ1n) is 9.27. The van der Waals surface area contributed by atoms with Crippen molar-refractivity contribution in [3.05, 3.63) is 35.9 Å². The van der Waals surface area contributed by atoms with Gasteiger partial charge in [0, 0.05) is 31.6 Å². The molecule has 0 aromatic heterocycles. The Bertz CT molecular complexity index is 574. The maximum atomic E-state index is 12.9. The van der Waals surface area contributed by atoms with Crippen LogP contribution in [0.15, 0.2) is 30.3 Å². The molecule has 3 atom stereocenters. The van der Waals surface area contributed by atoms with Gasteiger partial charge in [0.05, 0.1) is 5.92 Å². The highest BCUT2D eigenvalue weighted by molar-refractivity contribution is 5.79. The third kappa shape index (κ3) is 5.30. The molecule has 3 N–H and O–H groups in total. The van der Waals surface area contributed by atoms with Gasteiger partial charge in [-0.05, 0) is 24.3 Å². The van der Waals surface area contributed by atoms with Crippen molar-refractivity contribution < 1.29 is 9.59 Å². The predicted molar refractivity (Wildman–Crippen MR) is 99.7 cm³/mol. The van der Waals surface area contributed by atoms with Gasteiger partial charge in [0.25, 0.3) is 0 Å². The van der Waals surface area contributed by atoms with Crippen LogP contribution in [0.2, 0.25) is 0 Å². The summed E-state index contributed by atoms with van der Waals surface area (Å²) in [5, 5.41) is 2.99. The fraction of sp³-hybridized carbons (Fsp3) is 0.600. The van der Waals surface area contributed by atoms with Crippen LogP contribution < -0.4 is 11.1 Å². The van der Waals surface area contributed by atoms with Crippen molar-refractivity contribution in [1.82, 2.24) is 10.2 Å². The van der Waals surface area contributed by atoms with Crippen LogP contribution in [0.1, 0.15) is 45.2 Å². The first-order valence-corrected chi connectivity index (χ1v) is 9.27. The van der Waals surface area contributed by atoms with Gasteiger partial charge >= 0.3 is 0 Å². The van der Waals surface area contributed by atoms with Gasteiger partial charge in [0.1, 0.15) is 0 Å². The standard InChI is InChI=1S/C20H31N3O2/c1-14(2)19(24)22-12-16-8-7-11-23(13-16)20(25)15(3)18(21)17-9-5-4-6-10-17/h4-6,9-10,14-16,18H,7-8,11-13,21H2,1-3H3,(H,22,24). The summed E-state index contributed by atoms with van der Waals surface area (Å²) in [4.78, 5) is 26.5. The molecule has 1 aliphatic heterocycles. The normalized spacial score (nSPS) is 20.2. The van der Waals surface area contributed by atoms with E-state index in [2.05, 4.69) is 5.32 Å². The molecule has 0 radical (unpaired) electrons. The predicted octanol–water partition coefficient (Wildman–Crippen LogP) is 2.33. The molecular formula is C20H31N3O2. The second kappa shape index (κ2) is 8.99. The molecule has 0 bridgehead atoms. The topological polar surface area (TPSA) is 75.4 Å². The summed E-state index contributed by atoms with van der Waals surface area (Å²) in [7, 11) is 0. The lowest BCUT2D eigenvalue weighted by Gasteiger charge is -2.35. The number of carbonyl (C=O) groups is 2. The Morgan fingerprint density at radius 1 is 1.24 bits per heavy atom. The van der Waals surface area contributed by atoms with Crippen molar-refractivity contribution in [2.45, 2.75) is 39.7 Å². The van der Waals surface area contributed by atoms with Crippen molar-refractivity contribution in [1.29, 1.82) is 0 Å². The molecule has 1 aromatic carbocycles. The van der Waals surface area contributed by atoms with Gasteiger partial charge in [-0.15, -0.1) is 0 Å². The fourth-order valence-corrected chi connectivity index (χ4v) is 3.29. The highest BCUT2D eigenvalue weighted by Gasteiger charge is 2.30. The first kappa shape index (κ1) is 19.4. The maximum absolute atomic E-state index is 12.9. The van der Waals surface area contributed by atoms with Crippen LogP contribution in [0.5, 0.6) is 0 Å². The van der Waals surface area contributed by atoms with Gasteiger partial charge < -0.3 is 16.0 Å². The van der Waals surface area contributed by atoms with E-state index in [1.54, 1.807) is 0 Å². The number of nitrogens with one attached hydrogen (secondary N) is 1. The molecule has 138 valence electrons. The molecule has 1 aromatic rings. The zero-order valence-corrected chi connectivity index (χ0v) is 15.6. The van der Waals surface area contributed by atoms with Crippen LogP contribution in [0.4, 0.5) is 0 Å². The number of nitrogens with two attached hydrogens (primary N) is 1. The zero-order chi connectivity index (χ0) is 18.4. The molecule has 3 unspecified atom stereocenters. The van der Waals surface area contributed by atoms with Crippen LogP contribution in [0.25, 0.3) is 0 Å². The Kier molecular flexibility index (Phi) is 7.00. The molecule has 0 aliphatic carbocycles. The van der Waals surface area contributed by atoms with Gasteiger partial charge in [-0.25, -0.2) is 0 Å². The van der Waals surface area contributed by atoms with Gasteiger partial charge in [-0.2, -0.15) is 0 Å². The Labute approximate surface area is 151 Å². The lowest BCUT2D eigenvalue weighted by atomic mass is 9.91. The molecule has 2 amide bonds. The number of carbonyl (C=O) groups excluding carboxylic acids is 2. The van der Waals surface area contributed by atoms with Crippen molar-refractivity contribution in [3.63, 3.8) is 0 Å². The Morgan fingerprint density at radius 3 is 2.56 bits per heavy atom. The SMILES string of the molecule is CC(C)C(=O)NCC1CCCN(C(=O)C(C)C(N)c2ccccc2)C1. The van der Waals surface area contributed by atoms with Crippen LogP contribution in [0, 0.1) is 17.8 Å².